The van der Waals surface area contributed by atoms with Gasteiger partial charge in [-0.2, -0.15) is 8.70 Å². The summed E-state index contributed by atoms with van der Waals surface area (Å²) in [5, 5.41) is 10.9. The lowest BCUT2D eigenvalue weighted by Gasteiger charge is -2.20. The highest BCUT2D eigenvalue weighted by atomic mass is 32.2. The molecular formula is C13H17FN2O4S. The molecule has 1 aromatic carbocycles. The number of sulfonamides is 1. The molecule has 0 saturated heterocycles. The molecule has 0 saturated carbocycles. The third-order valence-electron chi connectivity index (χ3n) is 2.97. The second kappa shape index (κ2) is 5.90. The van der Waals surface area contributed by atoms with Gasteiger partial charge in [0.15, 0.2) is 0 Å². The second-order valence-corrected chi connectivity index (χ2v) is 6.94. The van der Waals surface area contributed by atoms with Crippen LogP contribution in [0.1, 0.15) is 18.1 Å². The zero-order valence-corrected chi connectivity index (χ0v) is 13.1. The Kier molecular flexibility index (Phi) is 4.85. The van der Waals surface area contributed by atoms with Crippen molar-refractivity contribution in [1.29, 1.82) is 0 Å². The second-order valence-electron chi connectivity index (χ2n) is 4.95. The van der Waals surface area contributed by atoms with Crippen LogP contribution in [0.25, 0.3) is 0 Å². The van der Waals surface area contributed by atoms with Crippen molar-refractivity contribution in [3.8, 4) is 0 Å². The molecule has 0 atom stereocenters. The molecule has 116 valence electrons. The maximum Gasteiger partial charge on any atom is 0.309 e. The van der Waals surface area contributed by atoms with Gasteiger partial charge in [0.1, 0.15) is 0 Å². The Balaban J connectivity index is 3.60. The Hall–Kier alpha value is -1.80. The molecule has 6 nitrogen and oxygen atoms in total. The van der Waals surface area contributed by atoms with Crippen LogP contribution in [0.5, 0.6) is 0 Å². The van der Waals surface area contributed by atoms with Crippen molar-refractivity contribution in [3.05, 3.63) is 45.3 Å². The van der Waals surface area contributed by atoms with E-state index >= 15 is 0 Å². The summed E-state index contributed by atoms with van der Waals surface area (Å²) >= 11 is 0. The number of hydrogen-bond donors (Lipinski definition) is 0. The molecular weight excluding hydrogens is 299 g/mol. The Morgan fingerprint density at radius 1 is 1.48 bits per heavy atom. The van der Waals surface area contributed by atoms with Gasteiger partial charge in [-0.05, 0) is 32.4 Å². The topological polar surface area (TPSA) is 80.5 Å². The Bertz CT molecular complexity index is 713. The number of rotatable bonds is 5. The van der Waals surface area contributed by atoms with Crippen molar-refractivity contribution in [2.45, 2.75) is 25.7 Å². The number of halogens is 1. The smallest absolute Gasteiger partial charge is 0.258 e. The molecule has 0 unspecified atom stereocenters. The summed E-state index contributed by atoms with van der Waals surface area (Å²) in [5.41, 5.74) is -0.272. The molecule has 0 N–H and O–H groups in total. The van der Waals surface area contributed by atoms with Crippen LogP contribution in [0, 0.1) is 29.8 Å². The highest BCUT2D eigenvalue weighted by molar-refractivity contribution is 7.89. The molecule has 0 bridgehead atoms. The number of nitro groups is 1. The minimum absolute atomic E-state index is 0.0758. The lowest BCUT2D eigenvalue weighted by Crippen LogP contribution is -2.29. The summed E-state index contributed by atoms with van der Waals surface area (Å²) in [7, 11) is -2.62. The molecule has 8 heteroatoms. The quantitative estimate of drug-likeness (QED) is 0.475. The van der Waals surface area contributed by atoms with Crippen molar-refractivity contribution in [2.75, 3.05) is 13.6 Å². The normalized spacial score (nSPS) is 11.7. The fraction of sp³-hybridized carbons (Fsp3) is 0.385. The SMILES string of the molecule is C=C(C)CN(C)S(=O)(=O)c1c(C)cc(F)c([N+](=O)[O-])c1C. The fourth-order valence-electron chi connectivity index (χ4n) is 2.15. The first-order valence-corrected chi connectivity index (χ1v) is 7.49. The maximum atomic E-state index is 13.7. The third-order valence-corrected chi connectivity index (χ3v) is 5.06. The molecule has 0 aliphatic heterocycles. The molecule has 0 fully saturated rings. The Labute approximate surface area is 123 Å². The first-order valence-electron chi connectivity index (χ1n) is 6.05. The van der Waals surface area contributed by atoms with Crippen LogP contribution < -0.4 is 0 Å². The predicted molar refractivity (Wildman–Crippen MR) is 77.2 cm³/mol. The monoisotopic (exact) mass is 316 g/mol. The summed E-state index contributed by atoms with van der Waals surface area (Å²) in [4.78, 5) is 9.77. The van der Waals surface area contributed by atoms with E-state index in [1.165, 1.54) is 20.9 Å². The first kappa shape index (κ1) is 17.3. The van der Waals surface area contributed by atoms with E-state index in [9.17, 15) is 22.9 Å². The molecule has 0 radical (unpaired) electrons. The lowest BCUT2D eigenvalue weighted by molar-refractivity contribution is -0.388. The van der Waals surface area contributed by atoms with E-state index in [0.29, 0.717) is 5.57 Å². The molecule has 1 aromatic rings. The average Bonchev–Trinajstić information content (AvgIpc) is 2.25. The zero-order valence-electron chi connectivity index (χ0n) is 12.3. The number of nitro benzene ring substituents is 1. The molecule has 0 amide bonds. The zero-order chi connectivity index (χ0) is 16.5. The van der Waals surface area contributed by atoms with Crippen LogP contribution in [-0.2, 0) is 10.0 Å². The largest absolute Gasteiger partial charge is 0.309 e. The van der Waals surface area contributed by atoms with E-state index in [-0.39, 0.29) is 22.6 Å². The van der Waals surface area contributed by atoms with Crippen LogP contribution in [0.2, 0.25) is 0 Å². The van der Waals surface area contributed by atoms with E-state index in [4.69, 9.17) is 0 Å². The van der Waals surface area contributed by atoms with Gasteiger partial charge < -0.3 is 0 Å². The number of hydrogen-bond acceptors (Lipinski definition) is 4. The summed E-state index contributed by atoms with van der Waals surface area (Å²) in [6.07, 6.45) is 0. The van der Waals surface area contributed by atoms with Crippen molar-refractivity contribution in [1.82, 2.24) is 4.31 Å². The molecule has 0 aliphatic carbocycles. The number of nitrogens with zero attached hydrogens (tertiary/aromatic N) is 2. The highest BCUT2D eigenvalue weighted by Gasteiger charge is 2.31. The van der Waals surface area contributed by atoms with Crippen LogP contribution >= 0.6 is 0 Å². The third kappa shape index (κ3) is 3.27. The van der Waals surface area contributed by atoms with Crippen LogP contribution in [-0.4, -0.2) is 31.2 Å². The Morgan fingerprint density at radius 2 is 2.00 bits per heavy atom. The number of benzene rings is 1. The first-order chi connectivity index (χ1) is 9.50. The van der Waals surface area contributed by atoms with E-state index in [2.05, 4.69) is 6.58 Å². The van der Waals surface area contributed by atoms with Gasteiger partial charge in [-0.25, -0.2) is 8.42 Å². The Morgan fingerprint density at radius 3 is 2.43 bits per heavy atom. The molecule has 21 heavy (non-hydrogen) atoms. The standard InChI is InChI=1S/C13H17FN2O4S/c1-8(2)7-15(5)21(19,20)13-9(3)6-11(14)12(10(13)4)16(17)18/h6H,1,7H2,2-5H3. The van der Waals surface area contributed by atoms with E-state index in [1.54, 1.807) is 6.92 Å². The van der Waals surface area contributed by atoms with Crippen molar-refractivity contribution < 1.29 is 17.7 Å². The van der Waals surface area contributed by atoms with Gasteiger partial charge in [-0.15, -0.1) is 0 Å². The van der Waals surface area contributed by atoms with Crippen molar-refractivity contribution in [3.63, 3.8) is 0 Å². The van der Waals surface area contributed by atoms with Gasteiger partial charge in [0.2, 0.25) is 15.8 Å². The lowest BCUT2D eigenvalue weighted by atomic mass is 10.1. The summed E-state index contributed by atoms with van der Waals surface area (Å²) in [6, 6.07) is 0.868. The van der Waals surface area contributed by atoms with Crippen LogP contribution in [0.15, 0.2) is 23.1 Å². The minimum atomic E-state index is -3.97. The van der Waals surface area contributed by atoms with Gasteiger partial charge in [0, 0.05) is 13.6 Å². The highest BCUT2D eigenvalue weighted by Crippen LogP contribution is 2.32. The minimum Gasteiger partial charge on any atom is -0.258 e. The molecule has 0 heterocycles. The number of likely N-dealkylation sites (N-methyl/N-ethyl adjacent to an activating group) is 1. The molecule has 0 spiro atoms. The van der Waals surface area contributed by atoms with Gasteiger partial charge in [0.25, 0.3) is 0 Å². The average molecular weight is 316 g/mol. The van der Waals surface area contributed by atoms with Crippen LogP contribution in [0.3, 0.4) is 0 Å². The van der Waals surface area contributed by atoms with Gasteiger partial charge >= 0.3 is 5.69 Å². The molecule has 1 rings (SSSR count). The molecule has 0 aliphatic rings. The van der Waals surface area contributed by atoms with E-state index in [0.717, 1.165) is 10.4 Å². The van der Waals surface area contributed by atoms with Crippen molar-refractivity contribution in [2.24, 2.45) is 0 Å². The summed E-state index contributed by atoms with van der Waals surface area (Å²) in [5.74, 6) is -1.04. The van der Waals surface area contributed by atoms with Gasteiger partial charge in [-0.1, -0.05) is 12.2 Å². The number of aryl methyl sites for hydroxylation is 1. The summed E-state index contributed by atoms with van der Waals surface area (Å²) < 4.78 is 39.8. The van der Waals surface area contributed by atoms with Crippen LogP contribution in [0.4, 0.5) is 10.1 Å². The van der Waals surface area contributed by atoms with Gasteiger partial charge in [0.05, 0.1) is 15.4 Å². The maximum absolute atomic E-state index is 13.7. The predicted octanol–water partition coefficient (Wildman–Crippen LogP) is 2.55. The van der Waals surface area contributed by atoms with Crippen molar-refractivity contribution >= 4 is 15.7 Å². The molecule has 0 aromatic heterocycles. The summed E-state index contributed by atoms with van der Waals surface area (Å²) in [6.45, 7) is 8.01. The fourth-order valence-corrected chi connectivity index (χ4v) is 3.80. The van der Waals surface area contributed by atoms with E-state index < -0.39 is 26.5 Å². The van der Waals surface area contributed by atoms with E-state index in [1.807, 2.05) is 0 Å². The van der Waals surface area contributed by atoms with Gasteiger partial charge in [-0.3, -0.25) is 10.1 Å².